The van der Waals surface area contributed by atoms with E-state index in [1.54, 1.807) is 18.8 Å². The molecule has 0 saturated heterocycles. The van der Waals surface area contributed by atoms with E-state index in [4.69, 9.17) is 0 Å². The highest BCUT2D eigenvalue weighted by atomic mass is 32.2. The number of thioether (sulfide) groups is 1. The number of rotatable bonds is 5. The van der Waals surface area contributed by atoms with E-state index in [1.807, 2.05) is 0 Å². The third kappa shape index (κ3) is 3.89. The van der Waals surface area contributed by atoms with Gasteiger partial charge in [0.25, 0.3) is 5.56 Å². The highest BCUT2D eigenvalue weighted by molar-refractivity contribution is 8.00. The van der Waals surface area contributed by atoms with Gasteiger partial charge >= 0.3 is 5.69 Å². The molecule has 132 valence electrons. The van der Waals surface area contributed by atoms with Crippen LogP contribution in [0.15, 0.2) is 15.9 Å². The van der Waals surface area contributed by atoms with Crippen molar-refractivity contribution in [3.8, 4) is 0 Å². The van der Waals surface area contributed by atoms with Gasteiger partial charge in [0, 0.05) is 31.1 Å². The van der Waals surface area contributed by atoms with E-state index in [1.165, 1.54) is 22.5 Å². The molecule has 0 atom stereocenters. The molecule has 1 amide bonds. The van der Waals surface area contributed by atoms with Gasteiger partial charge in [-0.2, -0.15) is 11.8 Å². The summed E-state index contributed by atoms with van der Waals surface area (Å²) in [5.41, 5.74) is -0.374. The van der Waals surface area contributed by atoms with Crippen molar-refractivity contribution in [1.82, 2.24) is 24.0 Å². The molecule has 9 heteroatoms. The molecule has 0 spiro atoms. The molecule has 0 saturated carbocycles. The summed E-state index contributed by atoms with van der Waals surface area (Å²) in [6.07, 6.45) is 1.41. The molecule has 0 unspecified atom stereocenters. The van der Waals surface area contributed by atoms with Crippen LogP contribution in [0.5, 0.6) is 0 Å². The number of aromatic nitrogens is 4. The summed E-state index contributed by atoms with van der Waals surface area (Å²) in [7, 11) is 2.95. The molecule has 0 aliphatic heterocycles. The summed E-state index contributed by atoms with van der Waals surface area (Å²) < 4.78 is 3.94. The Labute approximate surface area is 143 Å². The molecule has 0 fully saturated rings. The van der Waals surface area contributed by atoms with Gasteiger partial charge in [-0.25, -0.2) is 9.78 Å². The topological polar surface area (TPSA) is 90.9 Å². The molecule has 2 rings (SSSR count). The molecule has 0 aliphatic carbocycles. The average Bonchev–Trinajstić information content (AvgIpc) is 2.90. The number of hydrogen-bond donors (Lipinski definition) is 1. The predicted octanol–water partition coefficient (Wildman–Crippen LogP) is 0.0816. The lowest BCUT2D eigenvalue weighted by atomic mass is 10.3. The lowest BCUT2D eigenvalue weighted by Crippen LogP contribution is -2.38. The van der Waals surface area contributed by atoms with Crippen molar-refractivity contribution in [2.75, 3.05) is 12.3 Å². The normalized spacial score (nSPS) is 11.9. The van der Waals surface area contributed by atoms with E-state index in [0.717, 1.165) is 10.3 Å². The number of carbonyl (C=O) groups excluding carboxylic acids is 1. The smallest absolute Gasteiger partial charge is 0.332 e. The van der Waals surface area contributed by atoms with Crippen molar-refractivity contribution in [2.24, 2.45) is 14.1 Å². The largest absolute Gasteiger partial charge is 0.354 e. The van der Waals surface area contributed by atoms with Gasteiger partial charge in [-0.1, -0.05) is 20.8 Å². The van der Waals surface area contributed by atoms with E-state index < -0.39 is 11.2 Å². The van der Waals surface area contributed by atoms with E-state index in [9.17, 15) is 14.4 Å². The van der Waals surface area contributed by atoms with Crippen molar-refractivity contribution >= 4 is 28.8 Å². The van der Waals surface area contributed by atoms with Gasteiger partial charge in [0.1, 0.15) is 6.54 Å². The Balaban J connectivity index is 2.12. The van der Waals surface area contributed by atoms with Crippen LogP contribution in [0, 0.1) is 0 Å². The first-order valence-electron chi connectivity index (χ1n) is 7.63. The highest BCUT2D eigenvalue weighted by Crippen LogP contribution is 2.21. The first-order valence-corrected chi connectivity index (χ1v) is 8.62. The summed E-state index contributed by atoms with van der Waals surface area (Å²) in [4.78, 5) is 40.3. The van der Waals surface area contributed by atoms with Gasteiger partial charge in [-0.05, 0) is 0 Å². The predicted molar refractivity (Wildman–Crippen MR) is 95.4 cm³/mol. The monoisotopic (exact) mass is 353 g/mol. The molecule has 0 aromatic carbocycles. The maximum absolute atomic E-state index is 12.3. The van der Waals surface area contributed by atoms with Crippen molar-refractivity contribution in [3.63, 3.8) is 0 Å². The molecular formula is C15H23N5O3S. The van der Waals surface area contributed by atoms with E-state index >= 15 is 0 Å². The number of amides is 1. The summed E-state index contributed by atoms with van der Waals surface area (Å²) >= 11 is 1.77. The fraction of sp³-hybridized carbons (Fsp3) is 0.600. The minimum atomic E-state index is -0.457. The zero-order valence-electron chi connectivity index (χ0n) is 14.6. The maximum Gasteiger partial charge on any atom is 0.332 e. The standard InChI is InChI=1S/C15H23N5O3S/c1-15(2,3)24-7-6-16-10(21)8-20-9-17-12-11(20)13(22)19(5)14(23)18(12)4/h9H,6-8H2,1-5H3,(H,16,21). The molecule has 0 radical (unpaired) electrons. The maximum atomic E-state index is 12.3. The van der Waals surface area contributed by atoms with Crippen molar-refractivity contribution in [2.45, 2.75) is 32.1 Å². The Kier molecular flexibility index (Phi) is 5.22. The van der Waals surface area contributed by atoms with Crippen LogP contribution in [0.2, 0.25) is 0 Å². The Morgan fingerprint density at radius 3 is 2.54 bits per heavy atom. The highest BCUT2D eigenvalue weighted by Gasteiger charge is 2.16. The van der Waals surface area contributed by atoms with Crippen LogP contribution in [-0.2, 0) is 25.4 Å². The third-order valence-corrected chi connectivity index (χ3v) is 4.76. The van der Waals surface area contributed by atoms with E-state index in [-0.39, 0.29) is 28.4 Å². The minimum Gasteiger partial charge on any atom is -0.354 e. The van der Waals surface area contributed by atoms with Crippen LogP contribution >= 0.6 is 11.8 Å². The van der Waals surface area contributed by atoms with Crippen LogP contribution in [0.4, 0.5) is 0 Å². The molecule has 2 aromatic rings. The summed E-state index contributed by atoms with van der Waals surface area (Å²) in [5, 5.41) is 2.83. The van der Waals surface area contributed by atoms with Crippen LogP contribution < -0.4 is 16.6 Å². The molecule has 0 aliphatic rings. The molecule has 8 nitrogen and oxygen atoms in total. The Morgan fingerprint density at radius 2 is 1.92 bits per heavy atom. The SMILES string of the molecule is Cn1c(=O)c2c(ncn2CC(=O)NCCSC(C)(C)C)n(C)c1=O. The first-order chi connectivity index (χ1) is 11.1. The number of imidazole rings is 1. The fourth-order valence-corrected chi connectivity index (χ4v) is 3.09. The summed E-state index contributed by atoms with van der Waals surface area (Å²) in [5.74, 6) is 0.621. The van der Waals surface area contributed by atoms with Crippen LogP contribution in [0.3, 0.4) is 0 Å². The molecule has 1 N–H and O–H groups in total. The number of carbonyl (C=O) groups is 1. The van der Waals surface area contributed by atoms with Gasteiger partial charge in [0.2, 0.25) is 5.91 Å². The summed E-state index contributed by atoms with van der Waals surface area (Å²) in [6.45, 7) is 6.92. The van der Waals surface area contributed by atoms with E-state index in [0.29, 0.717) is 6.54 Å². The second kappa shape index (κ2) is 6.84. The van der Waals surface area contributed by atoms with Crippen LogP contribution in [-0.4, -0.2) is 41.6 Å². The van der Waals surface area contributed by atoms with Crippen LogP contribution in [0.25, 0.3) is 11.2 Å². The van der Waals surface area contributed by atoms with Gasteiger partial charge in [0.05, 0.1) is 6.33 Å². The van der Waals surface area contributed by atoms with Gasteiger partial charge in [0.15, 0.2) is 11.2 Å². The second-order valence-corrected chi connectivity index (χ2v) is 8.48. The Bertz CT molecular complexity index is 872. The number of nitrogens with zero attached hydrogens (tertiary/aromatic N) is 4. The second-order valence-electron chi connectivity index (χ2n) is 6.56. The molecule has 24 heavy (non-hydrogen) atoms. The van der Waals surface area contributed by atoms with Crippen molar-refractivity contribution < 1.29 is 4.79 Å². The van der Waals surface area contributed by atoms with Crippen molar-refractivity contribution in [3.05, 3.63) is 27.2 Å². The molecule has 2 aromatic heterocycles. The van der Waals surface area contributed by atoms with Gasteiger partial charge in [-0.15, -0.1) is 0 Å². The fourth-order valence-electron chi connectivity index (χ4n) is 2.28. The van der Waals surface area contributed by atoms with Gasteiger partial charge in [-0.3, -0.25) is 18.7 Å². The summed E-state index contributed by atoms with van der Waals surface area (Å²) in [6, 6.07) is 0. The number of aryl methyl sites for hydroxylation is 1. The molecular weight excluding hydrogens is 330 g/mol. The minimum absolute atomic E-state index is 0.00979. The molecule has 2 heterocycles. The van der Waals surface area contributed by atoms with Crippen molar-refractivity contribution in [1.29, 1.82) is 0 Å². The zero-order valence-corrected chi connectivity index (χ0v) is 15.4. The lowest BCUT2D eigenvalue weighted by molar-refractivity contribution is -0.121. The Morgan fingerprint density at radius 1 is 1.25 bits per heavy atom. The number of hydrogen-bond acceptors (Lipinski definition) is 5. The Hall–Kier alpha value is -2.03. The lowest BCUT2D eigenvalue weighted by Gasteiger charge is -2.17. The van der Waals surface area contributed by atoms with Gasteiger partial charge < -0.3 is 9.88 Å². The number of nitrogens with one attached hydrogen (secondary N) is 1. The first kappa shape index (κ1) is 18.3. The number of fused-ring (bicyclic) bond motifs is 1. The average molecular weight is 353 g/mol. The van der Waals surface area contributed by atoms with E-state index in [2.05, 4.69) is 31.1 Å². The van der Waals surface area contributed by atoms with Crippen LogP contribution in [0.1, 0.15) is 20.8 Å². The third-order valence-electron chi connectivity index (χ3n) is 3.49. The quantitative estimate of drug-likeness (QED) is 0.769. The zero-order chi connectivity index (χ0) is 18.1. The molecule has 0 bridgehead atoms.